The first kappa shape index (κ1) is 12.5. The van der Waals surface area contributed by atoms with Gasteiger partial charge in [-0.25, -0.2) is 4.98 Å². The highest BCUT2D eigenvalue weighted by atomic mass is 16.1. The van der Waals surface area contributed by atoms with Crippen molar-refractivity contribution in [3.05, 3.63) is 35.9 Å². The first-order valence-corrected chi connectivity index (χ1v) is 6.66. The summed E-state index contributed by atoms with van der Waals surface area (Å²) in [4.78, 5) is 18.4. The number of fused-ring (bicyclic) bond motifs is 1. The van der Waals surface area contributed by atoms with Crippen molar-refractivity contribution in [1.82, 2.24) is 9.97 Å². The lowest BCUT2D eigenvalue weighted by Crippen LogP contribution is -2.19. The fourth-order valence-electron chi connectivity index (χ4n) is 2.35. The van der Waals surface area contributed by atoms with Crippen molar-refractivity contribution >= 4 is 23.0 Å². The number of aromatic nitrogens is 2. The lowest BCUT2D eigenvalue weighted by molar-refractivity contribution is -0.116. The molecule has 2 aromatic rings. The monoisotopic (exact) mass is 271 g/mol. The number of aromatic amines is 1. The highest BCUT2D eigenvalue weighted by Crippen LogP contribution is 2.30. The van der Waals surface area contributed by atoms with E-state index >= 15 is 0 Å². The molecular formula is C14H17N5O. The molecule has 1 amide bonds. The number of hydrogen-bond acceptors (Lipinski definition) is 4. The first-order valence-electron chi connectivity index (χ1n) is 6.66. The molecule has 0 bridgehead atoms. The van der Waals surface area contributed by atoms with E-state index in [0.717, 1.165) is 42.0 Å². The number of anilines is 3. The van der Waals surface area contributed by atoms with Crippen LogP contribution in [0.2, 0.25) is 0 Å². The number of nitrogens with two attached hydrogens (primary N) is 1. The summed E-state index contributed by atoms with van der Waals surface area (Å²) in [5.74, 6) is 0.0608. The number of carbonyl (C=O) groups is 1. The first-order chi connectivity index (χ1) is 9.72. The van der Waals surface area contributed by atoms with Crippen molar-refractivity contribution < 1.29 is 4.79 Å². The topological polar surface area (TPSA) is 95.8 Å². The van der Waals surface area contributed by atoms with Gasteiger partial charge in [0.05, 0.1) is 17.7 Å². The van der Waals surface area contributed by atoms with E-state index < -0.39 is 0 Å². The maximum atomic E-state index is 11.4. The Labute approximate surface area is 116 Å². The summed E-state index contributed by atoms with van der Waals surface area (Å²) in [6, 6.07) is 3.85. The second kappa shape index (κ2) is 5.24. The number of nitrogens with one attached hydrogen (secondary N) is 3. The zero-order valence-corrected chi connectivity index (χ0v) is 11.1. The molecule has 104 valence electrons. The molecule has 0 fully saturated rings. The van der Waals surface area contributed by atoms with E-state index in [1.165, 1.54) is 0 Å². The number of H-pyrrole nitrogens is 1. The van der Waals surface area contributed by atoms with Gasteiger partial charge in [-0.3, -0.25) is 4.79 Å². The van der Waals surface area contributed by atoms with E-state index in [2.05, 4.69) is 20.6 Å². The molecule has 0 aliphatic carbocycles. The highest BCUT2D eigenvalue weighted by Gasteiger charge is 2.16. The molecular weight excluding hydrogens is 254 g/mol. The SMILES string of the molecule is Nc1cc2c(cc1NCCc1cnc[nH]1)NC(=O)CC2. The molecule has 0 unspecified atom stereocenters. The van der Waals surface area contributed by atoms with Gasteiger partial charge in [0.15, 0.2) is 0 Å². The van der Waals surface area contributed by atoms with Crippen LogP contribution in [0.5, 0.6) is 0 Å². The minimum atomic E-state index is 0.0608. The van der Waals surface area contributed by atoms with E-state index in [-0.39, 0.29) is 5.91 Å². The molecule has 6 heteroatoms. The minimum absolute atomic E-state index is 0.0608. The van der Waals surface area contributed by atoms with Crippen molar-refractivity contribution in [2.75, 3.05) is 22.9 Å². The third-order valence-corrected chi connectivity index (χ3v) is 3.44. The number of hydrogen-bond donors (Lipinski definition) is 4. The summed E-state index contributed by atoms with van der Waals surface area (Å²) >= 11 is 0. The molecule has 0 saturated heterocycles. The minimum Gasteiger partial charge on any atom is -0.397 e. The average molecular weight is 271 g/mol. The fraction of sp³-hybridized carbons (Fsp3) is 0.286. The Balaban J connectivity index is 1.69. The zero-order chi connectivity index (χ0) is 13.9. The Hall–Kier alpha value is -2.50. The summed E-state index contributed by atoms with van der Waals surface area (Å²) in [6.07, 6.45) is 5.58. The van der Waals surface area contributed by atoms with Gasteiger partial charge in [0.1, 0.15) is 0 Å². The molecule has 0 radical (unpaired) electrons. The van der Waals surface area contributed by atoms with Crippen LogP contribution in [0.25, 0.3) is 0 Å². The number of amides is 1. The molecule has 1 aliphatic rings. The molecule has 5 N–H and O–H groups in total. The van der Waals surface area contributed by atoms with Crippen molar-refractivity contribution in [1.29, 1.82) is 0 Å². The molecule has 0 atom stereocenters. The van der Waals surface area contributed by atoms with Crippen molar-refractivity contribution in [2.45, 2.75) is 19.3 Å². The van der Waals surface area contributed by atoms with Crippen LogP contribution in [0.15, 0.2) is 24.7 Å². The number of rotatable bonds is 4. The Morgan fingerprint density at radius 1 is 1.35 bits per heavy atom. The summed E-state index contributed by atoms with van der Waals surface area (Å²) in [5, 5.41) is 6.17. The van der Waals surface area contributed by atoms with E-state index in [1.807, 2.05) is 12.1 Å². The molecule has 1 aliphatic heterocycles. The predicted octanol–water partition coefficient (Wildman–Crippen LogP) is 1.53. The maximum Gasteiger partial charge on any atom is 0.224 e. The summed E-state index contributed by atoms with van der Waals surface area (Å²) < 4.78 is 0. The van der Waals surface area contributed by atoms with Gasteiger partial charge >= 0.3 is 0 Å². The van der Waals surface area contributed by atoms with Gasteiger partial charge in [-0.05, 0) is 24.1 Å². The lowest BCUT2D eigenvalue weighted by atomic mass is 10.0. The zero-order valence-electron chi connectivity index (χ0n) is 11.1. The Morgan fingerprint density at radius 3 is 3.05 bits per heavy atom. The molecule has 2 heterocycles. The lowest BCUT2D eigenvalue weighted by Gasteiger charge is -2.19. The second-order valence-corrected chi connectivity index (χ2v) is 4.90. The van der Waals surface area contributed by atoms with Gasteiger partial charge in [0, 0.05) is 37.0 Å². The largest absolute Gasteiger partial charge is 0.397 e. The third-order valence-electron chi connectivity index (χ3n) is 3.44. The van der Waals surface area contributed by atoms with Crippen LogP contribution in [0.3, 0.4) is 0 Å². The molecule has 0 saturated carbocycles. The molecule has 0 spiro atoms. The average Bonchev–Trinajstić information content (AvgIpc) is 2.93. The summed E-state index contributed by atoms with van der Waals surface area (Å²) in [7, 11) is 0. The van der Waals surface area contributed by atoms with E-state index in [9.17, 15) is 4.79 Å². The Morgan fingerprint density at radius 2 is 2.25 bits per heavy atom. The van der Waals surface area contributed by atoms with E-state index in [4.69, 9.17) is 5.73 Å². The maximum absolute atomic E-state index is 11.4. The van der Waals surface area contributed by atoms with Gasteiger partial charge in [0.25, 0.3) is 0 Å². The van der Waals surface area contributed by atoms with Crippen LogP contribution in [0, 0.1) is 0 Å². The molecule has 20 heavy (non-hydrogen) atoms. The Bertz CT molecular complexity index is 621. The van der Waals surface area contributed by atoms with Crippen molar-refractivity contribution in [2.24, 2.45) is 0 Å². The van der Waals surface area contributed by atoms with Gasteiger partial charge in [-0.15, -0.1) is 0 Å². The predicted molar refractivity (Wildman–Crippen MR) is 78.6 cm³/mol. The molecule has 3 rings (SSSR count). The standard InChI is InChI=1S/C14H17N5O/c15-11-5-9-1-2-14(20)19-12(9)6-13(11)17-4-3-10-7-16-8-18-10/h5-8,17H,1-4,15H2,(H,16,18)(H,19,20). The highest BCUT2D eigenvalue weighted by molar-refractivity contribution is 5.95. The fourth-order valence-corrected chi connectivity index (χ4v) is 2.35. The van der Waals surface area contributed by atoms with Gasteiger partial charge in [-0.2, -0.15) is 0 Å². The van der Waals surface area contributed by atoms with Crippen LogP contribution in [0.4, 0.5) is 17.1 Å². The quantitative estimate of drug-likeness (QED) is 0.634. The smallest absolute Gasteiger partial charge is 0.224 e. The molecule has 1 aromatic heterocycles. The number of nitrogen functional groups attached to an aromatic ring is 1. The van der Waals surface area contributed by atoms with Crippen LogP contribution in [-0.4, -0.2) is 22.4 Å². The number of nitrogens with zero attached hydrogens (tertiary/aromatic N) is 1. The summed E-state index contributed by atoms with van der Waals surface area (Å²) in [6.45, 7) is 0.749. The van der Waals surface area contributed by atoms with Gasteiger partial charge in [0.2, 0.25) is 5.91 Å². The number of aryl methyl sites for hydroxylation is 1. The Kier molecular flexibility index (Phi) is 3.28. The van der Waals surface area contributed by atoms with Crippen LogP contribution in [-0.2, 0) is 17.6 Å². The normalized spacial score (nSPS) is 13.7. The van der Waals surface area contributed by atoms with Crippen LogP contribution in [0.1, 0.15) is 17.7 Å². The van der Waals surface area contributed by atoms with Gasteiger partial charge in [-0.1, -0.05) is 0 Å². The van der Waals surface area contributed by atoms with E-state index in [0.29, 0.717) is 12.1 Å². The summed E-state index contributed by atoms with van der Waals surface area (Å²) in [5.41, 5.74) is 10.6. The number of carbonyl (C=O) groups excluding carboxylic acids is 1. The second-order valence-electron chi connectivity index (χ2n) is 4.90. The number of imidazole rings is 1. The van der Waals surface area contributed by atoms with Crippen LogP contribution < -0.4 is 16.4 Å². The van der Waals surface area contributed by atoms with Crippen molar-refractivity contribution in [3.8, 4) is 0 Å². The van der Waals surface area contributed by atoms with Crippen molar-refractivity contribution in [3.63, 3.8) is 0 Å². The van der Waals surface area contributed by atoms with Gasteiger partial charge < -0.3 is 21.4 Å². The van der Waals surface area contributed by atoms with Crippen LogP contribution >= 0.6 is 0 Å². The molecule has 6 nitrogen and oxygen atoms in total. The number of benzene rings is 1. The molecule has 1 aromatic carbocycles. The van der Waals surface area contributed by atoms with E-state index in [1.54, 1.807) is 12.5 Å². The third kappa shape index (κ3) is 2.59.